The molecule has 2 heteroatoms. The molecule has 0 saturated heterocycles. The molecule has 70 valence electrons. The summed E-state index contributed by atoms with van der Waals surface area (Å²) in [5.74, 6) is 0. The second-order valence-electron chi connectivity index (χ2n) is 4.70. The van der Waals surface area contributed by atoms with Gasteiger partial charge in [-0.25, -0.2) is 0 Å². The van der Waals surface area contributed by atoms with Crippen LogP contribution in [-0.2, 0) is 18.4 Å². The second-order valence-corrected chi connectivity index (χ2v) is 10.2. The molecule has 1 aromatic rings. The monoisotopic (exact) mass is 210 g/mol. The molecule has 0 saturated carbocycles. The van der Waals surface area contributed by atoms with Gasteiger partial charge in [0.25, 0.3) is 0 Å². The summed E-state index contributed by atoms with van der Waals surface area (Å²) < 4.78 is 0. The SMILES string of the molecule is CC(C)(C)[P+]1([S-])Cc2ccccc21. The Hall–Kier alpha value is 0. The molecule has 0 amide bonds. The fraction of sp³-hybridized carbons (Fsp3) is 0.455. The summed E-state index contributed by atoms with van der Waals surface area (Å²) in [7, 11) is 0. The van der Waals surface area contributed by atoms with E-state index in [-0.39, 0.29) is 0 Å². The van der Waals surface area contributed by atoms with Gasteiger partial charge in [0, 0.05) is 5.56 Å². The normalized spacial score (nSPS) is 26.5. The number of fused-ring (bicyclic) bond motifs is 1. The minimum absolute atomic E-state index is 0.302. The van der Waals surface area contributed by atoms with Crippen molar-refractivity contribution in [2.24, 2.45) is 0 Å². The largest absolute Gasteiger partial charge is 0.550 e. The molecule has 1 heterocycles. The molecule has 13 heavy (non-hydrogen) atoms. The molecule has 0 nitrogen and oxygen atoms in total. The summed E-state index contributed by atoms with van der Waals surface area (Å²) in [5, 5.41) is 1.79. The van der Waals surface area contributed by atoms with E-state index >= 15 is 0 Å². The van der Waals surface area contributed by atoms with Gasteiger partial charge in [-0.05, 0) is 26.8 Å². The predicted octanol–water partition coefficient (Wildman–Crippen LogP) is 3.10. The topological polar surface area (TPSA) is 0 Å². The zero-order chi connectivity index (χ0) is 9.69. The van der Waals surface area contributed by atoms with Gasteiger partial charge in [0.2, 0.25) is 0 Å². The van der Waals surface area contributed by atoms with Crippen LogP contribution in [0.1, 0.15) is 26.3 Å². The van der Waals surface area contributed by atoms with Gasteiger partial charge in [0.15, 0.2) is 0 Å². The second kappa shape index (κ2) is 2.74. The van der Waals surface area contributed by atoms with Crippen molar-refractivity contribution in [2.75, 3.05) is 0 Å². The number of rotatable bonds is 0. The summed E-state index contributed by atoms with van der Waals surface area (Å²) >= 11 is 5.83. The van der Waals surface area contributed by atoms with Gasteiger partial charge in [0.1, 0.15) is 0 Å². The fourth-order valence-corrected chi connectivity index (χ4v) is 5.58. The zero-order valence-electron chi connectivity index (χ0n) is 8.37. The first-order chi connectivity index (χ1) is 5.95. The third-order valence-corrected chi connectivity index (χ3v) is 9.65. The molecule has 0 bridgehead atoms. The number of benzene rings is 1. The van der Waals surface area contributed by atoms with Crippen LogP contribution in [0.3, 0.4) is 0 Å². The Bertz CT molecular complexity index is 340. The van der Waals surface area contributed by atoms with E-state index in [0.717, 1.165) is 0 Å². The van der Waals surface area contributed by atoms with E-state index in [1.165, 1.54) is 17.0 Å². The first kappa shape index (κ1) is 9.55. The molecule has 0 aromatic heterocycles. The summed E-state index contributed by atoms with van der Waals surface area (Å²) in [5.41, 5.74) is 1.49. The number of hydrogen-bond donors (Lipinski definition) is 0. The van der Waals surface area contributed by atoms with Crippen molar-refractivity contribution in [1.82, 2.24) is 0 Å². The lowest BCUT2D eigenvalue weighted by molar-refractivity contribution is 0.778. The Labute approximate surface area is 86.2 Å². The van der Waals surface area contributed by atoms with Crippen LogP contribution >= 0.6 is 6.46 Å². The molecule has 2 rings (SSSR count). The average molecular weight is 210 g/mol. The van der Waals surface area contributed by atoms with Crippen molar-refractivity contribution in [1.29, 1.82) is 0 Å². The molecule has 0 N–H and O–H groups in total. The maximum atomic E-state index is 5.83. The van der Waals surface area contributed by atoms with Crippen molar-refractivity contribution in [3.63, 3.8) is 0 Å². The molecular formula is C11H15PS. The quantitative estimate of drug-likeness (QED) is 0.468. The van der Waals surface area contributed by atoms with Gasteiger partial charge in [-0.2, -0.15) is 0 Å². The molecule has 1 atom stereocenters. The van der Waals surface area contributed by atoms with Gasteiger partial charge in [0.05, 0.1) is 16.6 Å². The minimum atomic E-state index is -1.23. The lowest BCUT2D eigenvalue weighted by Gasteiger charge is -2.51. The standard InChI is InChI=1S/C11H15PS/c1-11(2,3)12(13)8-9-6-4-5-7-10(9)12/h4-7H,8H2,1-3H3. The fourth-order valence-electron chi connectivity index (χ4n) is 1.83. The van der Waals surface area contributed by atoms with Crippen LogP contribution in [0, 0.1) is 0 Å². The molecule has 1 aliphatic heterocycles. The minimum Gasteiger partial charge on any atom is -0.550 e. The molecule has 1 aromatic carbocycles. The van der Waals surface area contributed by atoms with Crippen molar-refractivity contribution in [3.05, 3.63) is 29.8 Å². The predicted molar refractivity (Wildman–Crippen MR) is 63.8 cm³/mol. The van der Waals surface area contributed by atoms with Gasteiger partial charge in [-0.1, -0.05) is 24.7 Å². The van der Waals surface area contributed by atoms with Crippen LogP contribution in [0.5, 0.6) is 0 Å². The summed E-state index contributed by atoms with van der Waals surface area (Å²) in [6, 6.07) is 8.67. The first-order valence-electron chi connectivity index (χ1n) is 4.63. The molecule has 0 fully saturated rings. The van der Waals surface area contributed by atoms with E-state index < -0.39 is 6.46 Å². The van der Waals surface area contributed by atoms with Gasteiger partial charge in [-0.3, -0.25) is 0 Å². The maximum Gasteiger partial charge on any atom is 0.0802 e. The van der Waals surface area contributed by atoms with Crippen LogP contribution in [0.25, 0.3) is 0 Å². The summed E-state index contributed by atoms with van der Waals surface area (Å²) in [4.78, 5) is 0. The first-order valence-corrected chi connectivity index (χ1v) is 7.61. The Morgan fingerprint density at radius 1 is 1.23 bits per heavy atom. The van der Waals surface area contributed by atoms with Crippen LogP contribution in [0.15, 0.2) is 24.3 Å². The van der Waals surface area contributed by atoms with E-state index in [0.29, 0.717) is 5.16 Å². The van der Waals surface area contributed by atoms with Crippen molar-refractivity contribution in [3.8, 4) is 0 Å². The van der Waals surface area contributed by atoms with Crippen LogP contribution < -0.4 is 5.30 Å². The van der Waals surface area contributed by atoms with Crippen molar-refractivity contribution in [2.45, 2.75) is 32.1 Å². The van der Waals surface area contributed by atoms with Crippen LogP contribution in [-0.4, -0.2) is 5.16 Å². The molecule has 0 radical (unpaired) electrons. The third-order valence-electron chi connectivity index (χ3n) is 2.86. The molecule has 1 unspecified atom stereocenters. The van der Waals surface area contributed by atoms with E-state index in [4.69, 9.17) is 12.2 Å². The highest BCUT2D eigenvalue weighted by atomic mass is 32.7. The van der Waals surface area contributed by atoms with Gasteiger partial charge >= 0.3 is 0 Å². The van der Waals surface area contributed by atoms with Crippen molar-refractivity contribution >= 4 is 24.0 Å². The lowest BCUT2D eigenvalue weighted by atomic mass is 10.2. The maximum absolute atomic E-state index is 5.83. The van der Waals surface area contributed by atoms with Crippen molar-refractivity contribution < 1.29 is 0 Å². The molecule has 1 aliphatic rings. The van der Waals surface area contributed by atoms with Gasteiger partial charge in [-0.15, -0.1) is 0 Å². The Morgan fingerprint density at radius 2 is 1.85 bits per heavy atom. The molecule has 0 spiro atoms. The highest BCUT2D eigenvalue weighted by Crippen LogP contribution is 2.73. The van der Waals surface area contributed by atoms with E-state index in [1.807, 2.05) is 0 Å². The lowest BCUT2D eigenvalue weighted by Crippen LogP contribution is -2.37. The summed E-state index contributed by atoms with van der Waals surface area (Å²) in [6.45, 7) is 5.61. The Balaban J connectivity index is 2.45. The van der Waals surface area contributed by atoms with Crippen LogP contribution in [0.4, 0.5) is 0 Å². The third kappa shape index (κ3) is 1.25. The Kier molecular flexibility index (Phi) is 2.02. The average Bonchev–Trinajstić information content (AvgIpc) is 2.00. The summed E-state index contributed by atoms with van der Waals surface area (Å²) in [6.07, 6.45) is 1.17. The number of hydrogen-bond acceptors (Lipinski definition) is 1. The highest BCUT2D eigenvalue weighted by Gasteiger charge is 2.47. The van der Waals surface area contributed by atoms with E-state index in [1.54, 1.807) is 0 Å². The van der Waals surface area contributed by atoms with Gasteiger partial charge < -0.3 is 12.2 Å². The highest BCUT2D eigenvalue weighted by molar-refractivity contribution is 8.46. The molecular weight excluding hydrogens is 195 g/mol. The van der Waals surface area contributed by atoms with E-state index in [2.05, 4.69) is 45.0 Å². The molecule has 0 aliphatic carbocycles. The Morgan fingerprint density at radius 3 is 2.38 bits per heavy atom. The van der Waals surface area contributed by atoms with Crippen LogP contribution in [0.2, 0.25) is 0 Å². The smallest absolute Gasteiger partial charge is 0.0802 e. The van der Waals surface area contributed by atoms with E-state index in [9.17, 15) is 0 Å². The zero-order valence-corrected chi connectivity index (χ0v) is 10.1.